The Balaban J connectivity index is 5.96. The summed E-state index contributed by atoms with van der Waals surface area (Å²) in [6.07, 6.45) is -8.06. The molecule has 182 valence electrons. The van der Waals surface area contributed by atoms with Crippen molar-refractivity contribution in [2.75, 3.05) is 13.2 Å². The highest BCUT2D eigenvalue weighted by Crippen LogP contribution is 2.42. The molecule has 0 radical (unpaired) electrons. The van der Waals surface area contributed by atoms with Gasteiger partial charge in [-0.25, -0.2) is 18.0 Å². The van der Waals surface area contributed by atoms with Crippen LogP contribution in [0, 0.1) is 0 Å². The molecule has 0 N–H and O–H groups in total. The van der Waals surface area contributed by atoms with Crippen molar-refractivity contribution in [2.45, 2.75) is 56.3 Å². The molecule has 0 bridgehead atoms. The fourth-order valence-electron chi connectivity index (χ4n) is 1.66. The number of alkyl halides is 7. The lowest BCUT2D eigenvalue weighted by Gasteiger charge is -2.33. The highest BCUT2D eigenvalue weighted by Gasteiger charge is 2.68. The Labute approximate surface area is 172 Å². The molecule has 0 heterocycles. The Morgan fingerprint density at radius 3 is 1.94 bits per heavy atom. The third-order valence-corrected chi connectivity index (χ3v) is 4.35. The molecule has 1 unspecified atom stereocenters. The Hall–Kier alpha value is -1.94. The van der Waals surface area contributed by atoms with Gasteiger partial charge >= 0.3 is 35.1 Å². The molecule has 31 heavy (non-hydrogen) atoms. The average Bonchev–Trinajstić information content (AvgIpc) is 2.58. The van der Waals surface area contributed by atoms with Gasteiger partial charge < -0.3 is 18.8 Å². The van der Waals surface area contributed by atoms with E-state index in [1.54, 1.807) is 6.92 Å². The van der Waals surface area contributed by atoms with Crippen LogP contribution in [0.1, 0.15) is 33.1 Å². The zero-order valence-electron chi connectivity index (χ0n) is 16.1. The average molecular weight is 491 g/mol. The van der Waals surface area contributed by atoms with Crippen molar-refractivity contribution < 1.29 is 67.5 Å². The van der Waals surface area contributed by atoms with Crippen molar-refractivity contribution in [1.82, 2.24) is 0 Å². The molecule has 16 heteroatoms. The fraction of sp³-hybridized carbons (Fsp3) is 0.733. The van der Waals surface area contributed by atoms with Crippen LogP contribution >= 0.6 is 0 Å². The van der Waals surface area contributed by atoms with E-state index in [0.29, 0.717) is 6.42 Å². The summed E-state index contributed by atoms with van der Waals surface area (Å²) in [6.45, 7) is 2.65. The first kappa shape index (κ1) is 29.1. The molecule has 0 saturated carbocycles. The zero-order valence-corrected chi connectivity index (χ0v) is 16.9. The van der Waals surface area contributed by atoms with Crippen molar-refractivity contribution in [3.05, 3.63) is 12.2 Å². The van der Waals surface area contributed by atoms with E-state index in [4.69, 9.17) is 0 Å². The maximum Gasteiger partial charge on any atom is 0.468 e. The van der Waals surface area contributed by atoms with Crippen LogP contribution in [-0.4, -0.2) is 61.3 Å². The predicted molar refractivity (Wildman–Crippen MR) is 85.7 cm³/mol. The SMILES string of the molecule is C=C(C)C(=O)OC(OCCC(F)(F)C(F)(F)S(=O)(=O)[O-])(C(=O)OCCCC)C(F)(F)F. The summed E-state index contributed by atoms with van der Waals surface area (Å²) in [5, 5.41) is -6.21. The topological polar surface area (TPSA) is 119 Å². The summed E-state index contributed by atoms with van der Waals surface area (Å²) in [5.74, 6) is -14.6. The monoisotopic (exact) mass is 491 g/mol. The number of esters is 2. The zero-order chi connectivity index (χ0) is 24.9. The van der Waals surface area contributed by atoms with Crippen molar-refractivity contribution in [3.63, 3.8) is 0 Å². The quantitative estimate of drug-likeness (QED) is 0.102. The van der Waals surface area contributed by atoms with Gasteiger partial charge in [-0.05, 0) is 13.3 Å². The molecule has 0 spiro atoms. The minimum absolute atomic E-state index is 0.0414. The summed E-state index contributed by atoms with van der Waals surface area (Å²) in [4.78, 5) is 23.6. The summed E-state index contributed by atoms with van der Waals surface area (Å²) < 4.78 is 137. The van der Waals surface area contributed by atoms with Crippen LogP contribution in [0.4, 0.5) is 30.7 Å². The molecule has 0 aromatic heterocycles. The Morgan fingerprint density at radius 2 is 1.55 bits per heavy atom. The van der Waals surface area contributed by atoms with Gasteiger partial charge in [-0.2, -0.15) is 30.7 Å². The van der Waals surface area contributed by atoms with Crippen molar-refractivity contribution in [2.24, 2.45) is 0 Å². The smallest absolute Gasteiger partial charge is 0.468 e. The van der Waals surface area contributed by atoms with E-state index in [0.717, 1.165) is 6.92 Å². The van der Waals surface area contributed by atoms with Crippen LogP contribution < -0.4 is 0 Å². The van der Waals surface area contributed by atoms with Gasteiger partial charge in [0.1, 0.15) is 0 Å². The molecule has 0 aliphatic heterocycles. The lowest BCUT2D eigenvalue weighted by Crippen LogP contribution is -2.59. The molecule has 0 fully saturated rings. The van der Waals surface area contributed by atoms with E-state index in [1.165, 1.54) is 0 Å². The fourth-order valence-corrected chi connectivity index (χ4v) is 2.13. The summed E-state index contributed by atoms with van der Waals surface area (Å²) in [7, 11) is -6.92. The first-order valence-corrected chi connectivity index (χ1v) is 9.65. The number of hydrogen-bond acceptors (Lipinski definition) is 8. The van der Waals surface area contributed by atoms with Crippen molar-refractivity contribution in [1.29, 1.82) is 0 Å². The Bertz CT molecular complexity index is 779. The van der Waals surface area contributed by atoms with Crippen molar-refractivity contribution in [3.8, 4) is 0 Å². The number of carbonyl (C=O) groups is 2. The van der Waals surface area contributed by atoms with Gasteiger partial charge in [0.25, 0.3) is 0 Å². The van der Waals surface area contributed by atoms with Gasteiger partial charge in [0.05, 0.1) is 13.2 Å². The molecule has 0 aliphatic rings. The van der Waals surface area contributed by atoms with E-state index >= 15 is 0 Å². The molecule has 0 saturated heterocycles. The molecule has 0 amide bonds. The second-order valence-electron chi connectivity index (χ2n) is 6.05. The van der Waals surface area contributed by atoms with Crippen LogP contribution in [0.3, 0.4) is 0 Å². The minimum Gasteiger partial charge on any atom is -0.743 e. The summed E-state index contributed by atoms with van der Waals surface area (Å²) in [6, 6.07) is 0. The van der Waals surface area contributed by atoms with Gasteiger partial charge in [0.2, 0.25) is 0 Å². The maximum atomic E-state index is 13.6. The number of carbonyl (C=O) groups excluding carboxylic acids is 2. The van der Waals surface area contributed by atoms with Crippen LogP contribution in [0.15, 0.2) is 12.2 Å². The summed E-state index contributed by atoms with van der Waals surface area (Å²) >= 11 is 0. The first-order valence-electron chi connectivity index (χ1n) is 8.24. The highest BCUT2D eigenvalue weighted by atomic mass is 32.2. The normalized spacial score (nSPS) is 15.2. The second-order valence-corrected chi connectivity index (χ2v) is 7.47. The first-order chi connectivity index (χ1) is 13.8. The highest BCUT2D eigenvalue weighted by molar-refractivity contribution is 7.86. The van der Waals surface area contributed by atoms with Crippen LogP contribution in [0.5, 0.6) is 0 Å². The Kier molecular flexibility index (Phi) is 9.49. The van der Waals surface area contributed by atoms with E-state index in [1.807, 2.05) is 0 Å². The van der Waals surface area contributed by atoms with E-state index in [-0.39, 0.29) is 6.42 Å². The lowest BCUT2D eigenvalue weighted by atomic mass is 10.2. The van der Waals surface area contributed by atoms with Gasteiger partial charge in [0.15, 0.2) is 10.1 Å². The van der Waals surface area contributed by atoms with Crippen LogP contribution in [-0.2, 0) is 33.9 Å². The van der Waals surface area contributed by atoms with E-state index in [9.17, 15) is 53.3 Å². The van der Waals surface area contributed by atoms with Gasteiger partial charge in [-0.3, -0.25) is 0 Å². The number of halogens is 7. The standard InChI is InChI=1S/C15H19F7O8S/c1-4-5-7-28-11(24)13(14(18,19)20,30-10(23)9(2)3)29-8-6-12(16,17)15(21,22)31(25,26)27/h2,4-8H2,1,3H3,(H,25,26,27)/p-1. The largest absolute Gasteiger partial charge is 0.743 e. The lowest BCUT2D eigenvalue weighted by molar-refractivity contribution is -0.357. The number of rotatable bonds is 12. The summed E-state index contributed by atoms with van der Waals surface area (Å²) in [5.41, 5.74) is -0.687. The third-order valence-electron chi connectivity index (χ3n) is 3.42. The van der Waals surface area contributed by atoms with Gasteiger partial charge in [0, 0.05) is 12.0 Å². The second kappa shape index (κ2) is 10.1. The third kappa shape index (κ3) is 6.77. The molecular formula is C15H18F7O8S-. The maximum absolute atomic E-state index is 13.6. The van der Waals surface area contributed by atoms with Gasteiger partial charge in [-0.15, -0.1) is 0 Å². The minimum atomic E-state index is -6.92. The van der Waals surface area contributed by atoms with Crippen LogP contribution in [0.25, 0.3) is 0 Å². The van der Waals surface area contributed by atoms with Crippen molar-refractivity contribution >= 4 is 22.1 Å². The molecule has 0 aromatic rings. The van der Waals surface area contributed by atoms with E-state index < -0.39 is 70.4 Å². The molecule has 0 aliphatic carbocycles. The molecule has 8 nitrogen and oxygen atoms in total. The molecule has 1 atom stereocenters. The molecular weight excluding hydrogens is 473 g/mol. The van der Waals surface area contributed by atoms with Crippen LogP contribution in [0.2, 0.25) is 0 Å². The molecule has 0 aromatic carbocycles. The van der Waals surface area contributed by atoms with E-state index in [2.05, 4.69) is 20.8 Å². The molecule has 0 rings (SSSR count). The predicted octanol–water partition coefficient (Wildman–Crippen LogP) is 2.89. The number of hydrogen-bond donors (Lipinski definition) is 0. The van der Waals surface area contributed by atoms with Gasteiger partial charge in [-0.1, -0.05) is 19.9 Å². The number of ether oxygens (including phenoxy) is 3. The Morgan fingerprint density at radius 1 is 1.03 bits per heavy atom. The number of unbranched alkanes of at least 4 members (excludes halogenated alkanes) is 1.